The monoisotopic (exact) mass is 370 g/mol. The van der Waals surface area contributed by atoms with Gasteiger partial charge in [0.05, 0.1) is 17.6 Å². The molecular formula is C19H18N2O4S. The van der Waals surface area contributed by atoms with Crippen LogP contribution in [0.5, 0.6) is 0 Å². The van der Waals surface area contributed by atoms with Gasteiger partial charge < -0.3 is 9.30 Å². The number of methoxy groups -OCH3 is 1. The van der Waals surface area contributed by atoms with E-state index in [0.29, 0.717) is 10.5 Å². The molecule has 1 saturated heterocycles. The summed E-state index contributed by atoms with van der Waals surface area (Å²) in [4.78, 5) is 35.4. The summed E-state index contributed by atoms with van der Waals surface area (Å²) in [6.45, 7) is 5.85. The van der Waals surface area contributed by atoms with Gasteiger partial charge in [0.25, 0.3) is 11.1 Å². The minimum Gasteiger partial charge on any atom is -0.465 e. The van der Waals surface area contributed by atoms with E-state index in [1.807, 2.05) is 37.5 Å². The lowest BCUT2D eigenvalue weighted by molar-refractivity contribution is -0.115. The summed E-state index contributed by atoms with van der Waals surface area (Å²) in [6, 6.07) is 7.34. The first-order valence-corrected chi connectivity index (χ1v) is 8.76. The Kier molecular flexibility index (Phi) is 4.73. The van der Waals surface area contributed by atoms with Gasteiger partial charge in [-0.1, -0.05) is 6.07 Å². The fourth-order valence-electron chi connectivity index (χ4n) is 2.96. The average Bonchev–Trinajstić information content (AvgIpc) is 3.06. The van der Waals surface area contributed by atoms with Gasteiger partial charge in [0, 0.05) is 17.1 Å². The first-order valence-electron chi connectivity index (χ1n) is 7.95. The number of hydrogen-bond donors (Lipinski definition) is 1. The van der Waals surface area contributed by atoms with Crippen LogP contribution in [0.2, 0.25) is 0 Å². The smallest absolute Gasteiger partial charge is 0.337 e. The normalized spacial score (nSPS) is 15.5. The molecule has 0 bridgehead atoms. The molecule has 0 unspecified atom stereocenters. The highest BCUT2D eigenvalue weighted by Gasteiger charge is 2.25. The summed E-state index contributed by atoms with van der Waals surface area (Å²) >= 11 is 0.892. The molecule has 2 aromatic rings. The molecule has 1 fully saturated rings. The third-order valence-corrected chi connectivity index (χ3v) is 5.08. The van der Waals surface area contributed by atoms with Gasteiger partial charge in [0.1, 0.15) is 0 Å². The quantitative estimate of drug-likeness (QED) is 0.661. The van der Waals surface area contributed by atoms with Crippen molar-refractivity contribution in [1.29, 1.82) is 0 Å². The van der Waals surface area contributed by atoms with Gasteiger partial charge in [-0.2, -0.15) is 0 Å². The molecule has 0 saturated carbocycles. The second kappa shape index (κ2) is 6.84. The van der Waals surface area contributed by atoms with Crippen molar-refractivity contribution in [3.05, 3.63) is 57.2 Å². The van der Waals surface area contributed by atoms with Gasteiger partial charge in [0.15, 0.2) is 0 Å². The molecular weight excluding hydrogens is 352 g/mol. The Bertz CT molecular complexity index is 972. The summed E-state index contributed by atoms with van der Waals surface area (Å²) in [5.41, 5.74) is 5.05. The number of aryl methyl sites for hydroxylation is 2. The van der Waals surface area contributed by atoms with Crippen molar-refractivity contribution >= 4 is 35.0 Å². The Morgan fingerprint density at radius 2 is 1.92 bits per heavy atom. The zero-order chi connectivity index (χ0) is 19.0. The Hall–Kier alpha value is -2.80. The highest BCUT2D eigenvalue weighted by atomic mass is 32.2. The SMILES string of the molecule is COC(=O)c1ccc(C)c(-n2c(C)cc(/C=C3\SC(=O)NC3=O)c2C)c1. The Morgan fingerprint density at radius 1 is 1.19 bits per heavy atom. The Labute approximate surface area is 155 Å². The summed E-state index contributed by atoms with van der Waals surface area (Å²) in [6.07, 6.45) is 1.71. The van der Waals surface area contributed by atoms with Crippen molar-refractivity contribution in [1.82, 2.24) is 9.88 Å². The maximum atomic E-state index is 11.9. The largest absolute Gasteiger partial charge is 0.465 e. The average molecular weight is 370 g/mol. The van der Waals surface area contributed by atoms with Gasteiger partial charge in [-0.3, -0.25) is 14.9 Å². The minimum atomic E-state index is -0.395. The maximum absolute atomic E-state index is 11.9. The number of hydrogen-bond acceptors (Lipinski definition) is 5. The zero-order valence-corrected chi connectivity index (χ0v) is 15.7. The lowest BCUT2D eigenvalue weighted by atomic mass is 10.1. The van der Waals surface area contributed by atoms with Crippen LogP contribution in [0, 0.1) is 20.8 Å². The Morgan fingerprint density at radius 3 is 2.54 bits per heavy atom. The summed E-state index contributed by atoms with van der Waals surface area (Å²) in [5.74, 6) is -0.776. The van der Waals surface area contributed by atoms with Crippen molar-refractivity contribution in [2.24, 2.45) is 0 Å². The van der Waals surface area contributed by atoms with Crippen LogP contribution in [0.4, 0.5) is 4.79 Å². The molecule has 0 atom stereocenters. The van der Waals surface area contributed by atoms with Crippen LogP contribution in [-0.4, -0.2) is 28.8 Å². The van der Waals surface area contributed by atoms with Crippen LogP contribution in [0.3, 0.4) is 0 Å². The number of ether oxygens (including phenoxy) is 1. The first-order chi connectivity index (χ1) is 12.3. The van der Waals surface area contributed by atoms with E-state index in [1.165, 1.54) is 7.11 Å². The van der Waals surface area contributed by atoms with Crippen molar-refractivity contribution in [2.75, 3.05) is 7.11 Å². The Balaban J connectivity index is 2.10. The molecule has 3 rings (SSSR count). The second-order valence-electron chi connectivity index (χ2n) is 6.01. The number of benzene rings is 1. The van der Waals surface area contributed by atoms with E-state index in [9.17, 15) is 14.4 Å². The number of esters is 1. The zero-order valence-electron chi connectivity index (χ0n) is 14.9. The van der Waals surface area contributed by atoms with Crippen LogP contribution in [-0.2, 0) is 9.53 Å². The highest BCUT2D eigenvalue weighted by Crippen LogP contribution is 2.30. The van der Waals surface area contributed by atoms with E-state index in [2.05, 4.69) is 5.32 Å². The van der Waals surface area contributed by atoms with E-state index < -0.39 is 5.97 Å². The summed E-state index contributed by atoms with van der Waals surface area (Å²) in [5, 5.41) is 1.89. The predicted octanol–water partition coefficient (Wildman–Crippen LogP) is 3.51. The third kappa shape index (κ3) is 3.17. The van der Waals surface area contributed by atoms with E-state index in [0.717, 1.165) is 40.0 Å². The summed E-state index contributed by atoms with van der Waals surface area (Å²) in [7, 11) is 1.35. The lowest BCUT2D eigenvalue weighted by Crippen LogP contribution is -2.17. The third-order valence-electron chi connectivity index (χ3n) is 4.27. The molecule has 2 amide bonds. The molecule has 2 heterocycles. The van der Waals surface area contributed by atoms with E-state index in [1.54, 1.807) is 18.2 Å². The van der Waals surface area contributed by atoms with Crippen molar-refractivity contribution in [3.63, 3.8) is 0 Å². The van der Waals surface area contributed by atoms with Crippen LogP contribution < -0.4 is 5.32 Å². The van der Waals surface area contributed by atoms with E-state index in [-0.39, 0.29) is 11.1 Å². The first kappa shape index (κ1) is 18.0. The molecule has 1 aromatic carbocycles. The van der Waals surface area contributed by atoms with Crippen LogP contribution in [0.1, 0.15) is 32.9 Å². The summed E-state index contributed by atoms with van der Waals surface area (Å²) < 4.78 is 6.83. The minimum absolute atomic E-state index is 0.364. The van der Waals surface area contributed by atoms with Crippen molar-refractivity contribution in [3.8, 4) is 5.69 Å². The molecule has 1 aliphatic heterocycles. The molecule has 0 spiro atoms. The molecule has 1 N–H and O–H groups in total. The maximum Gasteiger partial charge on any atom is 0.337 e. The molecule has 7 heteroatoms. The van der Waals surface area contributed by atoms with E-state index in [4.69, 9.17) is 4.74 Å². The number of imide groups is 1. The van der Waals surface area contributed by atoms with Crippen molar-refractivity contribution < 1.29 is 19.1 Å². The number of nitrogens with zero attached hydrogens (tertiary/aromatic N) is 1. The topological polar surface area (TPSA) is 77.4 Å². The van der Waals surface area contributed by atoms with Gasteiger partial charge in [-0.25, -0.2) is 4.79 Å². The van der Waals surface area contributed by atoms with Crippen LogP contribution >= 0.6 is 11.8 Å². The number of nitrogens with one attached hydrogen (secondary N) is 1. The number of aromatic nitrogens is 1. The van der Waals surface area contributed by atoms with Crippen LogP contribution in [0.25, 0.3) is 11.8 Å². The lowest BCUT2D eigenvalue weighted by Gasteiger charge is -2.14. The molecule has 1 aromatic heterocycles. The van der Waals surface area contributed by atoms with Crippen LogP contribution in [0.15, 0.2) is 29.2 Å². The highest BCUT2D eigenvalue weighted by molar-refractivity contribution is 8.18. The van der Waals surface area contributed by atoms with E-state index >= 15 is 0 Å². The predicted molar refractivity (Wildman–Crippen MR) is 100 cm³/mol. The molecule has 134 valence electrons. The molecule has 0 radical (unpaired) electrons. The molecule has 1 aliphatic rings. The van der Waals surface area contributed by atoms with Gasteiger partial charge in [0.2, 0.25) is 0 Å². The fraction of sp³-hybridized carbons (Fsp3) is 0.211. The number of thioether (sulfide) groups is 1. The number of amides is 2. The van der Waals surface area contributed by atoms with Gasteiger partial charge >= 0.3 is 5.97 Å². The number of carbonyl (C=O) groups excluding carboxylic acids is 3. The molecule has 26 heavy (non-hydrogen) atoms. The molecule has 6 nitrogen and oxygen atoms in total. The second-order valence-corrected chi connectivity index (χ2v) is 7.02. The van der Waals surface area contributed by atoms with Crippen molar-refractivity contribution in [2.45, 2.75) is 20.8 Å². The number of carbonyl (C=O) groups is 3. The molecule has 0 aliphatic carbocycles. The van der Waals surface area contributed by atoms with Gasteiger partial charge in [-0.05, 0) is 67.9 Å². The van der Waals surface area contributed by atoms with Gasteiger partial charge in [-0.15, -0.1) is 0 Å². The standard InChI is InChI=1S/C19H18N2O4S/c1-10-5-6-13(18(23)25-4)8-15(10)21-11(2)7-14(12(21)3)9-16-17(22)20-19(24)26-16/h5-9H,1-4H3,(H,20,22,24)/b16-9-. The number of rotatable bonds is 3. The fourth-order valence-corrected chi connectivity index (χ4v) is 3.63.